The highest BCUT2D eigenvalue weighted by molar-refractivity contribution is 6.35. The van der Waals surface area contributed by atoms with Gasteiger partial charge in [0, 0.05) is 11.6 Å². The van der Waals surface area contributed by atoms with Gasteiger partial charge in [-0.25, -0.2) is 4.79 Å². The zero-order chi connectivity index (χ0) is 17.0. The number of fused-ring (bicyclic) bond motifs is 1. The summed E-state index contributed by atoms with van der Waals surface area (Å²) < 4.78 is 5.47. The Hall–Kier alpha value is -2.34. The van der Waals surface area contributed by atoms with E-state index < -0.39 is 17.9 Å². The minimum Gasteiger partial charge on any atom is -0.481 e. The molecular formula is C16H17ClN2O4. The van der Waals surface area contributed by atoms with E-state index in [9.17, 15) is 9.59 Å². The molecule has 1 aromatic carbocycles. The van der Waals surface area contributed by atoms with Crippen LogP contribution in [0.5, 0.6) is 5.75 Å². The molecule has 0 radical (unpaired) electrons. The first-order valence-corrected chi connectivity index (χ1v) is 7.46. The van der Waals surface area contributed by atoms with Gasteiger partial charge in [-0.1, -0.05) is 25.4 Å². The second-order valence-electron chi connectivity index (χ2n) is 5.36. The molecule has 0 aliphatic carbocycles. The van der Waals surface area contributed by atoms with Gasteiger partial charge in [-0.15, -0.1) is 0 Å². The third kappa shape index (κ3) is 4.10. The Morgan fingerprint density at radius 3 is 2.74 bits per heavy atom. The number of amides is 1. The van der Waals surface area contributed by atoms with Crippen molar-refractivity contribution in [3.8, 4) is 5.75 Å². The highest BCUT2D eigenvalue weighted by atomic mass is 35.5. The van der Waals surface area contributed by atoms with E-state index in [2.05, 4.69) is 10.3 Å². The van der Waals surface area contributed by atoms with Crippen LogP contribution in [0.4, 0.5) is 0 Å². The predicted octanol–water partition coefficient (Wildman–Crippen LogP) is 2.49. The number of nitrogens with zero attached hydrogens (tertiary/aromatic N) is 1. The number of hydrogen-bond acceptors (Lipinski definition) is 4. The monoisotopic (exact) mass is 336 g/mol. The summed E-state index contributed by atoms with van der Waals surface area (Å²) in [6.45, 7) is 3.14. The molecule has 2 rings (SSSR count). The quantitative estimate of drug-likeness (QED) is 0.846. The summed E-state index contributed by atoms with van der Waals surface area (Å²) in [5.41, 5.74) is 0.548. The average Bonchev–Trinajstić information content (AvgIpc) is 2.51. The SMILES string of the molecule is CC(C)C(NC(=O)COc1ccc(Cl)c2cccnc12)C(=O)O. The molecule has 0 spiro atoms. The minimum absolute atomic E-state index is 0.227. The Labute approximate surface area is 138 Å². The van der Waals surface area contributed by atoms with Crippen molar-refractivity contribution in [2.75, 3.05) is 6.61 Å². The second-order valence-corrected chi connectivity index (χ2v) is 5.77. The number of carbonyl (C=O) groups is 2. The van der Waals surface area contributed by atoms with E-state index in [-0.39, 0.29) is 12.5 Å². The van der Waals surface area contributed by atoms with Gasteiger partial charge < -0.3 is 15.2 Å². The van der Waals surface area contributed by atoms with Crippen molar-refractivity contribution in [3.63, 3.8) is 0 Å². The number of rotatable bonds is 6. The molecule has 2 N–H and O–H groups in total. The molecule has 1 heterocycles. The van der Waals surface area contributed by atoms with Gasteiger partial charge in [0.2, 0.25) is 0 Å². The molecule has 122 valence electrons. The number of ether oxygens (including phenoxy) is 1. The van der Waals surface area contributed by atoms with Gasteiger partial charge in [-0.2, -0.15) is 0 Å². The summed E-state index contributed by atoms with van der Waals surface area (Å²) in [7, 11) is 0. The Kier molecular flexibility index (Phi) is 5.39. The van der Waals surface area contributed by atoms with E-state index in [0.717, 1.165) is 5.39 Å². The lowest BCUT2D eigenvalue weighted by Gasteiger charge is -2.18. The summed E-state index contributed by atoms with van der Waals surface area (Å²) in [5, 5.41) is 12.8. The van der Waals surface area contributed by atoms with Crippen molar-refractivity contribution in [2.45, 2.75) is 19.9 Å². The van der Waals surface area contributed by atoms with Crippen LogP contribution in [0.3, 0.4) is 0 Å². The molecule has 1 unspecified atom stereocenters. The van der Waals surface area contributed by atoms with Gasteiger partial charge in [0.25, 0.3) is 5.91 Å². The molecule has 2 aromatic rings. The molecule has 0 aliphatic rings. The number of nitrogens with one attached hydrogen (secondary N) is 1. The zero-order valence-corrected chi connectivity index (χ0v) is 13.5. The first kappa shape index (κ1) is 17.0. The van der Waals surface area contributed by atoms with E-state index >= 15 is 0 Å². The fourth-order valence-electron chi connectivity index (χ4n) is 2.10. The van der Waals surface area contributed by atoms with Crippen LogP contribution < -0.4 is 10.1 Å². The van der Waals surface area contributed by atoms with E-state index in [1.54, 1.807) is 44.3 Å². The molecule has 23 heavy (non-hydrogen) atoms. The average molecular weight is 337 g/mol. The number of aliphatic carboxylic acids is 1. The molecule has 0 fully saturated rings. The van der Waals surface area contributed by atoms with Crippen LogP contribution in [0.1, 0.15) is 13.8 Å². The number of benzene rings is 1. The summed E-state index contributed by atoms with van der Waals surface area (Å²) >= 11 is 6.09. The number of carboxylic acid groups (broad SMARTS) is 1. The maximum atomic E-state index is 11.9. The lowest BCUT2D eigenvalue weighted by atomic mass is 10.1. The largest absolute Gasteiger partial charge is 0.481 e. The first-order valence-electron chi connectivity index (χ1n) is 7.08. The molecule has 0 bridgehead atoms. The highest BCUT2D eigenvalue weighted by Crippen LogP contribution is 2.29. The van der Waals surface area contributed by atoms with Gasteiger partial charge in [0.05, 0.1) is 5.02 Å². The van der Waals surface area contributed by atoms with Gasteiger partial charge in [-0.05, 0) is 30.2 Å². The lowest BCUT2D eigenvalue weighted by molar-refractivity contribution is -0.143. The van der Waals surface area contributed by atoms with E-state index in [1.807, 2.05) is 0 Å². The Morgan fingerprint density at radius 2 is 2.09 bits per heavy atom. The van der Waals surface area contributed by atoms with E-state index in [4.69, 9.17) is 21.4 Å². The van der Waals surface area contributed by atoms with E-state index in [0.29, 0.717) is 16.3 Å². The second kappa shape index (κ2) is 7.28. The third-order valence-electron chi connectivity index (χ3n) is 3.29. The van der Waals surface area contributed by atoms with Crippen LogP contribution in [0, 0.1) is 5.92 Å². The van der Waals surface area contributed by atoms with Crippen LogP contribution in [-0.4, -0.2) is 34.6 Å². The smallest absolute Gasteiger partial charge is 0.326 e. The maximum Gasteiger partial charge on any atom is 0.326 e. The number of carbonyl (C=O) groups excluding carboxylic acids is 1. The van der Waals surface area contributed by atoms with Gasteiger partial charge >= 0.3 is 5.97 Å². The number of halogens is 1. The molecule has 0 saturated heterocycles. The van der Waals surface area contributed by atoms with Gasteiger partial charge in [0.15, 0.2) is 6.61 Å². The summed E-state index contributed by atoms with van der Waals surface area (Å²) in [6.07, 6.45) is 1.60. The van der Waals surface area contributed by atoms with Crippen LogP contribution in [0.15, 0.2) is 30.5 Å². The van der Waals surface area contributed by atoms with Crippen molar-refractivity contribution >= 4 is 34.4 Å². The number of hydrogen-bond donors (Lipinski definition) is 2. The molecule has 1 atom stereocenters. The van der Waals surface area contributed by atoms with Crippen molar-refractivity contribution in [3.05, 3.63) is 35.5 Å². The van der Waals surface area contributed by atoms with Crippen LogP contribution >= 0.6 is 11.6 Å². The van der Waals surface area contributed by atoms with E-state index in [1.165, 1.54) is 0 Å². The van der Waals surface area contributed by atoms with Gasteiger partial charge in [0.1, 0.15) is 17.3 Å². The number of aromatic nitrogens is 1. The first-order chi connectivity index (χ1) is 10.9. The molecule has 1 aromatic heterocycles. The predicted molar refractivity (Wildman–Crippen MR) is 86.7 cm³/mol. The van der Waals surface area contributed by atoms with Gasteiger partial charge in [-0.3, -0.25) is 9.78 Å². The Bertz CT molecular complexity index is 733. The fraction of sp³-hybridized carbons (Fsp3) is 0.312. The van der Waals surface area contributed by atoms with Crippen LogP contribution in [0.25, 0.3) is 10.9 Å². The van der Waals surface area contributed by atoms with Crippen molar-refractivity contribution in [1.82, 2.24) is 10.3 Å². The molecule has 0 saturated carbocycles. The highest BCUT2D eigenvalue weighted by Gasteiger charge is 2.23. The third-order valence-corrected chi connectivity index (χ3v) is 3.62. The zero-order valence-electron chi connectivity index (χ0n) is 12.7. The van der Waals surface area contributed by atoms with Crippen molar-refractivity contribution in [2.24, 2.45) is 5.92 Å². The lowest BCUT2D eigenvalue weighted by Crippen LogP contribution is -2.46. The minimum atomic E-state index is -1.08. The summed E-state index contributed by atoms with van der Waals surface area (Å²) in [6, 6.07) is 5.89. The Morgan fingerprint density at radius 1 is 1.35 bits per heavy atom. The molecule has 0 aliphatic heterocycles. The van der Waals surface area contributed by atoms with Crippen molar-refractivity contribution in [1.29, 1.82) is 0 Å². The van der Waals surface area contributed by atoms with Crippen LogP contribution in [0.2, 0.25) is 5.02 Å². The van der Waals surface area contributed by atoms with Crippen LogP contribution in [-0.2, 0) is 9.59 Å². The molecule has 7 heteroatoms. The topological polar surface area (TPSA) is 88.5 Å². The standard InChI is InChI=1S/C16H17ClN2O4/c1-9(2)14(16(21)22)19-13(20)8-23-12-6-5-11(17)10-4-3-7-18-15(10)12/h3-7,9,14H,8H2,1-2H3,(H,19,20)(H,21,22). The Balaban J connectivity index is 2.08. The fourth-order valence-corrected chi connectivity index (χ4v) is 2.32. The maximum absolute atomic E-state index is 11.9. The van der Waals surface area contributed by atoms with Crippen molar-refractivity contribution < 1.29 is 19.4 Å². The summed E-state index contributed by atoms with van der Waals surface area (Å²) in [5.74, 6) is -1.40. The number of pyridine rings is 1. The molecule has 6 nitrogen and oxygen atoms in total. The molecule has 1 amide bonds. The normalized spacial score (nSPS) is 12.2. The molecular weight excluding hydrogens is 320 g/mol. The number of carboxylic acids is 1. The summed E-state index contributed by atoms with van der Waals surface area (Å²) in [4.78, 5) is 27.2.